The summed E-state index contributed by atoms with van der Waals surface area (Å²) < 4.78 is 12.5. The van der Waals surface area contributed by atoms with Gasteiger partial charge in [-0.05, 0) is 37.6 Å². The lowest BCUT2D eigenvalue weighted by Gasteiger charge is -2.23. The lowest BCUT2D eigenvalue weighted by molar-refractivity contribution is 0.164. The van der Waals surface area contributed by atoms with Gasteiger partial charge in [0.05, 0.1) is 12.1 Å². The molecule has 118 valence electrons. The maximum absolute atomic E-state index is 10.3. The maximum Gasteiger partial charge on any atom is 0.231 e. The van der Waals surface area contributed by atoms with Gasteiger partial charge < -0.3 is 19.9 Å². The van der Waals surface area contributed by atoms with Crippen LogP contribution in [0.15, 0.2) is 36.7 Å². The molecule has 0 fully saturated rings. The molecule has 6 nitrogen and oxygen atoms in total. The molecule has 2 aromatic rings. The lowest BCUT2D eigenvalue weighted by atomic mass is 10.1. The van der Waals surface area contributed by atoms with Gasteiger partial charge in [-0.25, -0.2) is 0 Å². The summed E-state index contributed by atoms with van der Waals surface area (Å²) in [5, 5.41) is 17.9. The highest BCUT2D eigenvalue weighted by Gasteiger charge is 2.19. The van der Waals surface area contributed by atoms with Crippen molar-refractivity contribution in [1.29, 1.82) is 0 Å². The number of ether oxygens (including phenoxy) is 2. The Balaban J connectivity index is 1.56. The molecule has 22 heavy (non-hydrogen) atoms. The molecule has 0 bridgehead atoms. The van der Waals surface area contributed by atoms with Gasteiger partial charge in [0.1, 0.15) is 0 Å². The van der Waals surface area contributed by atoms with E-state index in [4.69, 9.17) is 9.47 Å². The molecule has 0 saturated heterocycles. The third kappa shape index (κ3) is 3.08. The smallest absolute Gasteiger partial charge is 0.231 e. The Labute approximate surface area is 129 Å². The zero-order valence-electron chi connectivity index (χ0n) is 12.8. The van der Waals surface area contributed by atoms with E-state index in [1.807, 2.05) is 35.1 Å². The van der Waals surface area contributed by atoms with E-state index < -0.39 is 6.10 Å². The first kappa shape index (κ1) is 14.9. The number of rotatable bonds is 6. The highest BCUT2D eigenvalue weighted by Crippen LogP contribution is 2.34. The average Bonchev–Trinajstić information content (AvgIpc) is 3.21. The van der Waals surface area contributed by atoms with E-state index in [1.165, 1.54) is 0 Å². The van der Waals surface area contributed by atoms with Crippen LogP contribution in [0.5, 0.6) is 11.5 Å². The van der Waals surface area contributed by atoms with Crippen molar-refractivity contribution in [2.75, 3.05) is 13.3 Å². The predicted octanol–water partition coefficient (Wildman–Crippen LogP) is 1.88. The minimum atomic E-state index is -0.596. The summed E-state index contributed by atoms with van der Waals surface area (Å²) in [5.74, 6) is 1.42. The molecule has 1 aromatic heterocycles. The standard InChI is InChI=1S/C16H21N3O3/c1-11(12(2)19-7-3-6-18-19)17-9-14(20)13-4-5-15-16(8-13)22-10-21-15/h3-8,11-12,14,17,20H,9-10H2,1-2H3/t11-,12-,14-/m0/s1. The van der Waals surface area contributed by atoms with Gasteiger partial charge in [-0.15, -0.1) is 0 Å². The molecular formula is C16H21N3O3. The number of nitrogens with one attached hydrogen (secondary N) is 1. The van der Waals surface area contributed by atoms with Crippen LogP contribution in [0.2, 0.25) is 0 Å². The third-order valence-electron chi connectivity index (χ3n) is 4.08. The quantitative estimate of drug-likeness (QED) is 0.853. The molecule has 1 aromatic carbocycles. The highest BCUT2D eigenvalue weighted by molar-refractivity contribution is 5.45. The molecule has 0 amide bonds. The van der Waals surface area contributed by atoms with Gasteiger partial charge in [0.15, 0.2) is 11.5 Å². The number of nitrogens with zero attached hydrogens (tertiary/aromatic N) is 2. The van der Waals surface area contributed by atoms with Crippen LogP contribution < -0.4 is 14.8 Å². The summed E-state index contributed by atoms with van der Waals surface area (Å²) in [4.78, 5) is 0. The minimum absolute atomic E-state index is 0.184. The Morgan fingerprint density at radius 3 is 2.91 bits per heavy atom. The van der Waals surface area contributed by atoms with Crippen molar-refractivity contribution in [2.24, 2.45) is 0 Å². The highest BCUT2D eigenvalue weighted by atomic mass is 16.7. The first-order valence-corrected chi connectivity index (χ1v) is 7.45. The molecule has 0 unspecified atom stereocenters. The molecule has 2 heterocycles. The fraction of sp³-hybridized carbons (Fsp3) is 0.438. The van der Waals surface area contributed by atoms with Crippen molar-refractivity contribution in [2.45, 2.75) is 32.0 Å². The number of hydrogen-bond donors (Lipinski definition) is 2. The maximum atomic E-state index is 10.3. The Morgan fingerprint density at radius 1 is 1.32 bits per heavy atom. The molecule has 3 rings (SSSR count). The van der Waals surface area contributed by atoms with E-state index in [9.17, 15) is 5.11 Å². The second kappa shape index (κ2) is 6.37. The van der Waals surface area contributed by atoms with Gasteiger partial charge in [0.2, 0.25) is 6.79 Å². The monoisotopic (exact) mass is 303 g/mol. The van der Waals surface area contributed by atoms with Crippen molar-refractivity contribution in [3.63, 3.8) is 0 Å². The number of aliphatic hydroxyl groups is 1. The van der Waals surface area contributed by atoms with Crippen LogP contribution in [0.1, 0.15) is 31.6 Å². The molecule has 0 aliphatic carbocycles. The number of benzene rings is 1. The molecule has 6 heteroatoms. The van der Waals surface area contributed by atoms with Crippen molar-refractivity contribution in [3.8, 4) is 11.5 Å². The Hall–Kier alpha value is -2.05. The fourth-order valence-electron chi connectivity index (χ4n) is 2.46. The Kier molecular flexibility index (Phi) is 4.31. The summed E-state index contributed by atoms with van der Waals surface area (Å²) in [5.41, 5.74) is 0.815. The molecule has 0 saturated carbocycles. The van der Waals surface area contributed by atoms with Gasteiger partial charge >= 0.3 is 0 Å². The van der Waals surface area contributed by atoms with E-state index in [0.29, 0.717) is 12.3 Å². The van der Waals surface area contributed by atoms with Gasteiger partial charge in [-0.3, -0.25) is 4.68 Å². The zero-order chi connectivity index (χ0) is 15.5. The van der Waals surface area contributed by atoms with Crippen LogP contribution in [0.4, 0.5) is 0 Å². The summed E-state index contributed by atoms with van der Waals surface area (Å²) in [6, 6.07) is 7.82. The normalized spacial score (nSPS) is 17.2. The van der Waals surface area contributed by atoms with Gasteiger partial charge in [-0.2, -0.15) is 5.10 Å². The number of fused-ring (bicyclic) bond motifs is 1. The second-order valence-electron chi connectivity index (χ2n) is 5.55. The summed E-state index contributed by atoms with van der Waals surface area (Å²) in [7, 11) is 0. The Morgan fingerprint density at radius 2 is 2.14 bits per heavy atom. The number of hydrogen-bond acceptors (Lipinski definition) is 5. The first-order chi connectivity index (χ1) is 10.6. The number of aliphatic hydroxyl groups excluding tert-OH is 1. The van der Waals surface area contributed by atoms with Crippen LogP contribution in [0.3, 0.4) is 0 Å². The van der Waals surface area contributed by atoms with Crippen molar-refractivity contribution in [1.82, 2.24) is 15.1 Å². The Bertz CT molecular complexity index is 615. The molecule has 0 radical (unpaired) electrons. The van der Waals surface area contributed by atoms with Gasteiger partial charge in [-0.1, -0.05) is 6.07 Å². The van der Waals surface area contributed by atoms with Gasteiger partial charge in [0, 0.05) is 25.0 Å². The van der Waals surface area contributed by atoms with Crippen molar-refractivity contribution in [3.05, 3.63) is 42.2 Å². The molecule has 1 aliphatic rings. The van der Waals surface area contributed by atoms with Gasteiger partial charge in [0.25, 0.3) is 0 Å². The average molecular weight is 303 g/mol. The topological polar surface area (TPSA) is 68.5 Å². The van der Waals surface area contributed by atoms with Crippen LogP contribution in [0, 0.1) is 0 Å². The van der Waals surface area contributed by atoms with Crippen LogP contribution in [-0.4, -0.2) is 34.3 Å². The second-order valence-corrected chi connectivity index (χ2v) is 5.55. The van der Waals surface area contributed by atoms with Crippen molar-refractivity contribution < 1.29 is 14.6 Å². The molecule has 3 atom stereocenters. The van der Waals surface area contributed by atoms with Crippen LogP contribution >= 0.6 is 0 Å². The van der Waals surface area contributed by atoms with E-state index in [-0.39, 0.29) is 18.9 Å². The first-order valence-electron chi connectivity index (χ1n) is 7.45. The zero-order valence-corrected chi connectivity index (χ0v) is 12.8. The number of aromatic nitrogens is 2. The SMILES string of the molecule is C[C@H](NC[C@H](O)c1ccc2c(c1)OCO2)[C@H](C)n1cccn1. The third-order valence-corrected chi connectivity index (χ3v) is 4.08. The molecule has 1 aliphatic heterocycles. The fourth-order valence-corrected chi connectivity index (χ4v) is 2.46. The van der Waals surface area contributed by atoms with E-state index in [0.717, 1.165) is 11.3 Å². The molecule has 2 N–H and O–H groups in total. The van der Waals surface area contributed by atoms with Crippen LogP contribution in [-0.2, 0) is 0 Å². The van der Waals surface area contributed by atoms with E-state index in [2.05, 4.69) is 24.3 Å². The summed E-state index contributed by atoms with van der Waals surface area (Å²) >= 11 is 0. The predicted molar refractivity (Wildman–Crippen MR) is 81.9 cm³/mol. The summed E-state index contributed by atoms with van der Waals surface area (Å²) in [6.45, 7) is 4.88. The molecular weight excluding hydrogens is 282 g/mol. The largest absolute Gasteiger partial charge is 0.454 e. The van der Waals surface area contributed by atoms with Crippen molar-refractivity contribution >= 4 is 0 Å². The minimum Gasteiger partial charge on any atom is -0.454 e. The lowest BCUT2D eigenvalue weighted by Crippen LogP contribution is -2.36. The van der Waals surface area contributed by atoms with E-state index >= 15 is 0 Å². The molecule has 0 spiro atoms. The summed E-state index contributed by atoms with van der Waals surface area (Å²) in [6.07, 6.45) is 3.11. The van der Waals surface area contributed by atoms with Crippen LogP contribution in [0.25, 0.3) is 0 Å². The van der Waals surface area contributed by atoms with E-state index in [1.54, 1.807) is 6.20 Å².